The molecule has 2 nitrogen and oxygen atoms in total. The van der Waals surface area contributed by atoms with Crippen molar-refractivity contribution in [1.82, 2.24) is 4.98 Å². The Hall–Kier alpha value is -2.09. The van der Waals surface area contributed by atoms with E-state index < -0.39 is 0 Å². The zero-order valence-electron chi connectivity index (χ0n) is 8.94. The lowest BCUT2D eigenvalue weighted by molar-refractivity contribution is 1.11. The summed E-state index contributed by atoms with van der Waals surface area (Å²) < 4.78 is 0. The summed E-state index contributed by atoms with van der Waals surface area (Å²) in [5.41, 5.74) is 2.64. The van der Waals surface area contributed by atoms with Crippen molar-refractivity contribution in [2.45, 2.75) is 6.42 Å². The van der Waals surface area contributed by atoms with E-state index in [4.69, 9.17) is 0 Å². The lowest BCUT2D eigenvalue weighted by Gasteiger charge is -2.06. The fourth-order valence-electron chi connectivity index (χ4n) is 1.75. The van der Waals surface area contributed by atoms with Gasteiger partial charge in [0.1, 0.15) is 0 Å². The Kier molecular flexibility index (Phi) is 3.01. The second-order valence-electron chi connectivity index (χ2n) is 3.55. The molecular weight excluding hydrogens is 198 g/mol. The van der Waals surface area contributed by atoms with Crippen molar-refractivity contribution in [2.75, 3.05) is 0 Å². The molecule has 2 rings (SSSR count). The minimum atomic E-state index is 0.0433. The van der Waals surface area contributed by atoms with Crippen LogP contribution in [0.1, 0.15) is 5.69 Å². The van der Waals surface area contributed by atoms with Gasteiger partial charge in [0.25, 0.3) is 0 Å². The molecule has 0 spiro atoms. The maximum atomic E-state index is 11.9. The van der Waals surface area contributed by atoms with Gasteiger partial charge in [0.15, 0.2) is 5.43 Å². The lowest BCUT2D eigenvalue weighted by atomic mass is 10.0. The van der Waals surface area contributed by atoms with Crippen LogP contribution >= 0.6 is 0 Å². The maximum absolute atomic E-state index is 11.9. The highest BCUT2D eigenvalue weighted by Gasteiger charge is 2.07. The van der Waals surface area contributed by atoms with Gasteiger partial charge in [-0.3, -0.25) is 4.79 Å². The van der Waals surface area contributed by atoms with Crippen molar-refractivity contribution in [3.05, 3.63) is 71.2 Å². The van der Waals surface area contributed by atoms with Gasteiger partial charge in [-0.1, -0.05) is 36.4 Å². The Morgan fingerprint density at radius 2 is 1.94 bits per heavy atom. The van der Waals surface area contributed by atoms with E-state index in [9.17, 15) is 4.79 Å². The Balaban J connectivity index is 2.63. The SMILES string of the molecule is C=CCc1[nH]ccc(=O)c1-c1ccccc1. The number of pyridine rings is 1. The van der Waals surface area contributed by atoms with Crippen LogP contribution < -0.4 is 5.43 Å². The zero-order valence-corrected chi connectivity index (χ0v) is 8.94. The maximum Gasteiger partial charge on any atom is 0.189 e. The van der Waals surface area contributed by atoms with Crippen LogP contribution in [0.5, 0.6) is 0 Å². The first-order valence-corrected chi connectivity index (χ1v) is 5.20. The van der Waals surface area contributed by atoms with E-state index in [2.05, 4.69) is 11.6 Å². The topological polar surface area (TPSA) is 32.9 Å². The molecule has 1 aromatic heterocycles. The van der Waals surface area contributed by atoms with Crippen LogP contribution in [0, 0.1) is 0 Å². The second kappa shape index (κ2) is 4.62. The summed E-state index contributed by atoms with van der Waals surface area (Å²) >= 11 is 0. The number of aromatic nitrogens is 1. The predicted molar refractivity (Wildman–Crippen MR) is 66.4 cm³/mol. The van der Waals surface area contributed by atoms with Gasteiger partial charge >= 0.3 is 0 Å². The van der Waals surface area contributed by atoms with Crippen molar-refractivity contribution in [3.63, 3.8) is 0 Å². The summed E-state index contributed by atoms with van der Waals surface area (Å²) in [5.74, 6) is 0. The minimum absolute atomic E-state index is 0.0433. The van der Waals surface area contributed by atoms with Gasteiger partial charge in [-0.25, -0.2) is 0 Å². The van der Waals surface area contributed by atoms with E-state index in [1.165, 1.54) is 0 Å². The van der Waals surface area contributed by atoms with E-state index in [0.29, 0.717) is 6.42 Å². The van der Waals surface area contributed by atoms with Crippen LogP contribution in [-0.4, -0.2) is 4.98 Å². The number of benzene rings is 1. The first-order chi connectivity index (χ1) is 7.83. The molecule has 0 amide bonds. The summed E-state index contributed by atoms with van der Waals surface area (Å²) in [6, 6.07) is 11.2. The number of hydrogen-bond acceptors (Lipinski definition) is 1. The molecule has 0 radical (unpaired) electrons. The molecule has 0 unspecified atom stereocenters. The highest BCUT2D eigenvalue weighted by molar-refractivity contribution is 5.65. The number of rotatable bonds is 3. The average Bonchev–Trinajstić information content (AvgIpc) is 2.31. The van der Waals surface area contributed by atoms with Crippen molar-refractivity contribution in [2.24, 2.45) is 0 Å². The lowest BCUT2D eigenvalue weighted by Crippen LogP contribution is -2.08. The quantitative estimate of drug-likeness (QED) is 0.778. The molecule has 1 aromatic carbocycles. The molecule has 0 aliphatic rings. The second-order valence-corrected chi connectivity index (χ2v) is 3.55. The fraction of sp³-hybridized carbons (Fsp3) is 0.0714. The van der Waals surface area contributed by atoms with E-state index in [0.717, 1.165) is 16.8 Å². The number of hydrogen-bond donors (Lipinski definition) is 1. The first-order valence-electron chi connectivity index (χ1n) is 5.20. The van der Waals surface area contributed by atoms with Crippen molar-refractivity contribution < 1.29 is 0 Å². The summed E-state index contributed by atoms with van der Waals surface area (Å²) in [6.07, 6.45) is 4.13. The van der Waals surface area contributed by atoms with Gasteiger partial charge in [-0.15, -0.1) is 6.58 Å². The Labute approximate surface area is 94.3 Å². The molecular formula is C14H13NO. The third kappa shape index (κ3) is 1.96. The molecule has 2 heteroatoms. The number of allylic oxidation sites excluding steroid dienone is 1. The van der Waals surface area contributed by atoms with Crippen LogP contribution in [0.15, 0.2) is 60.0 Å². The van der Waals surface area contributed by atoms with Crippen molar-refractivity contribution in [1.29, 1.82) is 0 Å². The van der Waals surface area contributed by atoms with Gasteiger partial charge in [-0.2, -0.15) is 0 Å². The van der Waals surface area contributed by atoms with E-state index in [-0.39, 0.29) is 5.43 Å². The largest absolute Gasteiger partial charge is 0.364 e. The van der Waals surface area contributed by atoms with Gasteiger partial charge in [0.05, 0.1) is 0 Å². The summed E-state index contributed by atoms with van der Waals surface area (Å²) in [4.78, 5) is 15.0. The number of H-pyrrole nitrogens is 1. The molecule has 1 N–H and O–H groups in total. The summed E-state index contributed by atoms with van der Waals surface area (Å²) in [6.45, 7) is 3.70. The van der Waals surface area contributed by atoms with Gasteiger partial charge < -0.3 is 4.98 Å². The molecule has 2 aromatic rings. The highest BCUT2D eigenvalue weighted by Crippen LogP contribution is 2.18. The molecule has 0 saturated heterocycles. The Bertz CT molecular complexity index is 540. The zero-order chi connectivity index (χ0) is 11.4. The van der Waals surface area contributed by atoms with Crippen LogP contribution in [-0.2, 0) is 6.42 Å². The van der Waals surface area contributed by atoms with Crippen LogP contribution in [0.3, 0.4) is 0 Å². The number of nitrogens with one attached hydrogen (secondary N) is 1. The monoisotopic (exact) mass is 211 g/mol. The molecule has 0 bridgehead atoms. The van der Waals surface area contributed by atoms with E-state index >= 15 is 0 Å². The van der Waals surface area contributed by atoms with Gasteiger partial charge in [-0.05, 0) is 5.56 Å². The summed E-state index contributed by atoms with van der Waals surface area (Å²) in [5, 5.41) is 0. The third-order valence-corrected chi connectivity index (χ3v) is 2.45. The van der Waals surface area contributed by atoms with Crippen LogP contribution in [0.4, 0.5) is 0 Å². The molecule has 0 saturated carbocycles. The predicted octanol–water partition coefficient (Wildman–Crippen LogP) is 2.77. The van der Waals surface area contributed by atoms with Crippen molar-refractivity contribution >= 4 is 0 Å². The molecule has 0 aliphatic heterocycles. The first kappa shape index (κ1) is 10.4. The molecule has 0 atom stereocenters. The Morgan fingerprint density at radius 3 is 2.62 bits per heavy atom. The Morgan fingerprint density at radius 1 is 1.19 bits per heavy atom. The number of aromatic amines is 1. The third-order valence-electron chi connectivity index (χ3n) is 2.45. The molecule has 16 heavy (non-hydrogen) atoms. The normalized spacial score (nSPS) is 10.0. The van der Waals surface area contributed by atoms with Gasteiger partial charge in [0, 0.05) is 29.9 Å². The molecule has 80 valence electrons. The van der Waals surface area contributed by atoms with Gasteiger partial charge in [0.2, 0.25) is 0 Å². The fourth-order valence-corrected chi connectivity index (χ4v) is 1.75. The van der Waals surface area contributed by atoms with E-state index in [1.807, 2.05) is 30.3 Å². The average molecular weight is 211 g/mol. The minimum Gasteiger partial charge on any atom is -0.364 e. The van der Waals surface area contributed by atoms with Crippen LogP contribution in [0.2, 0.25) is 0 Å². The van der Waals surface area contributed by atoms with E-state index in [1.54, 1.807) is 18.3 Å². The highest BCUT2D eigenvalue weighted by atomic mass is 16.1. The smallest absolute Gasteiger partial charge is 0.189 e. The standard InChI is InChI=1S/C14H13NO/c1-2-6-12-14(13(16)9-10-15-12)11-7-4-3-5-8-11/h2-5,7-10H,1,6H2,(H,15,16). The molecule has 0 fully saturated rings. The molecule has 0 aliphatic carbocycles. The van der Waals surface area contributed by atoms with Crippen molar-refractivity contribution in [3.8, 4) is 11.1 Å². The van der Waals surface area contributed by atoms with Crippen LogP contribution in [0.25, 0.3) is 11.1 Å². The summed E-state index contributed by atoms with van der Waals surface area (Å²) in [7, 11) is 0. The molecule has 1 heterocycles.